The van der Waals surface area contributed by atoms with Gasteiger partial charge in [-0.25, -0.2) is 0 Å². The molecule has 0 fully saturated rings. The average molecular weight is 363 g/mol. The van der Waals surface area contributed by atoms with Crippen LogP contribution in [0, 0.1) is 0 Å². The molecule has 0 saturated carbocycles. The highest BCUT2D eigenvalue weighted by Crippen LogP contribution is 2.45. The summed E-state index contributed by atoms with van der Waals surface area (Å²) in [4.78, 5) is 12.5. The van der Waals surface area contributed by atoms with E-state index in [1.165, 1.54) is 0 Å². The van der Waals surface area contributed by atoms with E-state index in [4.69, 9.17) is 14.2 Å². The fourth-order valence-corrected chi connectivity index (χ4v) is 3.80. The number of carbonyl (C=O) groups is 1. The summed E-state index contributed by atoms with van der Waals surface area (Å²) in [6, 6.07) is 16.1. The number of hydrogen-bond acceptors (Lipinski definition) is 4. The Labute approximate surface area is 157 Å². The molecule has 138 valence electrons. The van der Waals surface area contributed by atoms with E-state index < -0.39 is 0 Å². The first-order chi connectivity index (χ1) is 13.2. The number of benzene rings is 3. The second kappa shape index (κ2) is 6.83. The molecule has 0 aromatic heterocycles. The van der Waals surface area contributed by atoms with Crippen LogP contribution in [0.1, 0.15) is 23.5 Å². The quantitative estimate of drug-likeness (QED) is 0.749. The number of anilines is 1. The molecule has 1 N–H and O–H groups in total. The first-order valence-corrected chi connectivity index (χ1v) is 8.77. The topological polar surface area (TPSA) is 56.8 Å². The predicted molar refractivity (Wildman–Crippen MR) is 105 cm³/mol. The van der Waals surface area contributed by atoms with Gasteiger partial charge in [-0.3, -0.25) is 4.79 Å². The van der Waals surface area contributed by atoms with Crippen LogP contribution in [0.15, 0.2) is 48.5 Å². The molecule has 3 aromatic rings. The van der Waals surface area contributed by atoms with Gasteiger partial charge in [0.05, 0.1) is 27.0 Å². The fourth-order valence-electron chi connectivity index (χ4n) is 3.80. The molecule has 1 heterocycles. The second-order valence-corrected chi connectivity index (χ2v) is 6.51. The number of hydrogen-bond donors (Lipinski definition) is 1. The Balaban J connectivity index is 1.91. The van der Waals surface area contributed by atoms with Gasteiger partial charge < -0.3 is 19.5 Å². The van der Waals surface area contributed by atoms with Crippen LogP contribution in [0.5, 0.6) is 17.2 Å². The highest BCUT2D eigenvalue weighted by molar-refractivity contribution is 6.06. The number of amides is 1. The van der Waals surface area contributed by atoms with Crippen molar-refractivity contribution in [2.24, 2.45) is 0 Å². The summed E-state index contributed by atoms with van der Waals surface area (Å²) in [5, 5.41) is 5.20. The molecule has 5 heteroatoms. The summed E-state index contributed by atoms with van der Waals surface area (Å²) in [6.45, 7) is 0. The van der Waals surface area contributed by atoms with Gasteiger partial charge in [0, 0.05) is 17.7 Å². The molecule has 1 aliphatic heterocycles. The summed E-state index contributed by atoms with van der Waals surface area (Å²) in [5.41, 5.74) is 2.92. The molecule has 0 saturated heterocycles. The van der Waals surface area contributed by atoms with E-state index in [0.29, 0.717) is 23.7 Å². The number of carbonyl (C=O) groups excluding carboxylic acids is 1. The standard InChI is InChI=1S/C22H21NO4/c1-25-18-10-14(11-19(26-2)22(18)27-3)17-12-20(24)23-21-15-7-5-4-6-13(15)8-9-16(17)21/h4-11,17H,12H2,1-3H3,(H,23,24)/t17-/m0/s1. The Bertz CT molecular complexity index is 1000. The van der Waals surface area contributed by atoms with E-state index >= 15 is 0 Å². The van der Waals surface area contributed by atoms with Gasteiger partial charge in [0.2, 0.25) is 11.7 Å². The third-order valence-corrected chi connectivity index (χ3v) is 5.08. The SMILES string of the molecule is COc1cc([C@@H]2CC(=O)Nc3c2ccc2ccccc32)cc(OC)c1OC. The molecule has 0 bridgehead atoms. The molecule has 3 aromatic carbocycles. The van der Waals surface area contributed by atoms with Gasteiger partial charge in [0.1, 0.15) is 0 Å². The van der Waals surface area contributed by atoms with Crippen molar-refractivity contribution >= 4 is 22.4 Å². The molecule has 0 aliphatic carbocycles. The van der Waals surface area contributed by atoms with Crippen LogP contribution < -0.4 is 19.5 Å². The van der Waals surface area contributed by atoms with Gasteiger partial charge in [-0.1, -0.05) is 36.4 Å². The van der Waals surface area contributed by atoms with Crippen LogP contribution in [0.3, 0.4) is 0 Å². The van der Waals surface area contributed by atoms with E-state index in [2.05, 4.69) is 17.4 Å². The zero-order valence-corrected chi connectivity index (χ0v) is 15.5. The summed E-state index contributed by atoms with van der Waals surface area (Å²) in [5.74, 6) is 1.62. The Morgan fingerprint density at radius 1 is 0.926 bits per heavy atom. The summed E-state index contributed by atoms with van der Waals surface area (Å²) >= 11 is 0. The fraction of sp³-hybridized carbons (Fsp3) is 0.227. The maximum absolute atomic E-state index is 12.5. The first kappa shape index (κ1) is 17.2. The van der Waals surface area contributed by atoms with Gasteiger partial charge in [-0.2, -0.15) is 0 Å². The molecule has 1 atom stereocenters. The Hall–Kier alpha value is -3.21. The number of ether oxygens (including phenoxy) is 3. The largest absolute Gasteiger partial charge is 0.493 e. The van der Waals surface area contributed by atoms with Crippen molar-refractivity contribution in [3.05, 3.63) is 59.7 Å². The van der Waals surface area contributed by atoms with Crippen molar-refractivity contribution < 1.29 is 19.0 Å². The zero-order valence-electron chi connectivity index (χ0n) is 15.5. The third-order valence-electron chi connectivity index (χ3n) is 5.08. The molecule has 5 nitrogen and oxygen atoms in total. The Morgan fingerprint density at radius 2 is 1.63 bits per heavy atom. The van der Waals surface area contributed by atoms with Crippen LogP contribution in [-0.2, 0) is 4.79 Å². The predicted octanol–water partition coefficient (Wildman–Crippen LogP) is 4.34. The lowest BCUT2D eigenvalue weighted by molar-refractivity contribution is -0.116. The van der Waals surface area contributed by atoms with Crippen LogP contribution in [0.25, 0.3) is 10.8 Å². The van der Waals surface area contributed by atoms with Gasteiger partial charge in [0.25, 0.3) is 0 Å². The summed E-state index contributed by atoms with van der Waals surface area (Å²) in [7, 11) is 4.77. The maximum Gasteiger partial charge on any atom is 0.225 e. The van der Waals surface area contributed by atoms with Crippen molar-refractivity contribution in [3.8, 4) is 17.2 Å². The molecular weight excluding hydrogens is 342 g/mol. The van der Waals surface area contributed by atoms with Crippen molar-refractivity contribution in [1.82, 2.24) is 0 Å². The highest BCUT2D eigenvalue weighted by Gasteiger charge is 2.29. The summed E-state index contributed by atoms with van der Waals surface area (Å²) in [6.07, 6.45) is 0.365. The molecule has 4 rings (SSSR count). The van der Waals surface area contributed by atoms with Crippen molar-refractivity contribution in [1.29, 1.82) is 0 Å². The van der Waals surface area contributed by atoms with Crippen molar-refractivity contribution in [2.45, 2.75) is 12.3 Å². The average Bonchev–Trinajstić information content (AvgIpc) is 2.71. The molecule has 1 amide bonds. The number of nitrogens with one attached hydrogen (secondary N) is 1. The molecule has 1 aliphatic rings. The molecular formula is C22H21NO4. The molecule has 0 spiro atoms. The lowest BCUT2D eigenvalue weighted by Gasteiger charge is -2.28. The number of fused-ring (bicyclic) bond motifs is 3. The lowest BCUT2D eigenvalue weighted by atomic mass is 9.83. The normalized spacial score (nSPS) is 15.8. The number of rotatable bonds is 4. The Kier molecular flexibility index (Phi) is 4.36. The van der Waals surface area contributed by atoms with Gasteiger partial charge in [-0.05, 0) is 28.6 Å². The highest BCUT2D eigenvalue weighted by atomic mass is 16.5. The third kappa shape index (κ3) is 2.85. The smallest absolute Gasteiger partial charge is 0.225 e. The van der Waals surface area contributed by atoms with E-state index in [9.17, 15) is 4.79 Å². The monoisotopic (exact) mass is 363 g/mol. The zero-order chi connectivity index (χ0) is 19.0. The van der Waals surface area contributed by atoms with E-state index in [1.807, 2.05) is 36.4 Å². The van der Waals surface area contributed by atoms with Crippen LogP contribution >= 0.6 is 0 Å². The van der Waals surface area contributed by atoms with E-state index in [0.717, 1.165) is 27.6 Å². The Morgan fingerprint density at radius 3 is 2.30 bits per heavy atom. The maximum atomic E-state index is 12.5. The van der Waals surface area contributed by atoms with Gasteiger partial charge in [0.15, 0.2) is 11.5 Å². The first-order valence-electron chi connectivity index (χ1n) is 8.77. The minimum atomic E-state index is -0.0907. The van der Waals surface area contributed by atoms with Crippen LogP contribution in [-0.4, -0.2) is 27.2 Å². The molecule has 0 unspecified atom stereocenters. The van der Waals surface area contributed by atoms with Gasteiger partial charge in [-0.15, -0.1) is 0 Å². The van der Waals surface area contributed by atoms with Crippen molar-refractivity contribution in [3.63, 3.8) is 0 Å². The van der Waals surface area contributed by atoms with E-state index in [-0.39, 0.29) is 11.8 Å². The van der Waals surface area contributed by atoms with Crippen LogP contribution in [0.4, 0.5) is 5.69 Å². The number of methoxy groups -OCH3 is 3. The summed E-state index contributed by atoms with van der Waals surface area (Å²) < 4.78 is 16.4. The second-order valence-electron chi connectivity index (χ2n) is 6.51. The molecule has 0 radical (unpaired) electrons. The lowest BCUT2D eigenvalue weighted by Crippen LogP contribution is -2.23. The van der Waals surface area contributed by atoms with Crippen LogP contribution in [0.2, 0.25) is 0 Å². The molecule has 27 heavy (non-hydrogen) atoms. The minimum absolute atomic E-state index is 0.00222. The minimum Gasteiger partial charge on any atom is -0.493 e. The van der Waals surface area contributed by atoms with E-state index in [1.54, 1.807) is 21.3 Å². The van der Waals surface area contributed by atoms with Gasteiger partial charge >= 0.3 is 0 Å². The van der Waals surface area contributed by atoms with Crippen molar-refractivity contribution in [2.75, 3.05) is 26.6 Å².